The fraction of sp³-hybridized carbons (Fsp3) is 0.652. The Balaban J connectivity index is 1.43. The molecule has 3 rings (SSSR count). The molecule has 0 radical (unpaired) electrons. The number of urea groups is 1. The van der Waals surface area contributed by atoms with Crippen molar-refractivity contribution in [2.24, 2.45) is 0 Å². The summed E-state index contributed by atoms with van der Waals surface area (Å²) in [5, 5.41) is 6.07. The SMILES string of the molecule is CN(CCCNC(=O)NC(CN1CCCC1=O)c1ccccc1)C1CCCCC1. The highest BCUT2D eigenvalue weighted by molar-refractivity contribution is 5.78. The molecule has 2 N–H and O–H groups in total. The molecule has 1 atom stereocenters. The van der Waals surface area contributed by atoms with Gasteiger partial charge in [0.05, 0.1) is 6.04 Å². The predicted octanol–water partition coefficient (Wildman–Crippen LogP) is 3.30. The van der Waals surface area contributed by atoms with E-state index in [0.717, 1.165) is 31.5 Å². The second kappa shape index (κ2) is 11.2. The first-order valence-corrected chi connectivity index (χ1v) is 11.2. The van der Waals surface area contributed by atoms with E-state index in [1.54, 1.807) is 0 Å². The van der Waals surface area contributed by atoms with Gasteiger partial charge in [-0.2, -0.15) is 0 Å². The Hall–Kier alpha value is -2.08. The Morgan fingerprint density at radius 2 is 1.93 bits per heavy atom. The van der Waals surface area contributed by atoms with Gasteiger partial charge in [0.2, 0.25) is 5.91 Å². The molecular formula is C23H36N4O2. The third kappa shape index (κ3) is 6.74. The molecule has 1 aliphatic heterocycles. The molecule has 2 fully saturated rings. The summed E-state index contributed by atoms with van der Waals surface area (Å²) in [5.41, 5.74) is 1.03. The van der Waals surface area contributed by atoms with Crippen molar-refractivity contribution >= 4 is 11.9 Å². The Morgan fingerprint density at radius 3 is 2.62 bits per heavy atom. The Labute approximate surface area is 175 Å². The van der Waals surface area contributed by atoms with Gasteiger partial charge in [-0.1, -0.05) is 49.6 Å². The molecule has 160 valence electrons. The summed E-state index contributed by atoms with van der Waals surface area (Å²) < 4.78 is 0. The van der Waals surface area contributed by atoms with E-state index in [2.05, 4.69) is 22.6 Å². The van der Waals surface area contributed by atoms with Crippen LogP contribution in [0.15, 0.2) is 30.3 Å². The highest BCUT2D eigenvalue weighted by Crippen LogP contribution is 2.21. The molecule has 1 saturated carbocycles. The van der Waals surface area contributed by atoms with Crippen molar-refractivity contribution in [3.05, 3.63) is 35.9 Å². The highest BCUT2D eigenvalue weighted by atomic mass is 16.2. The maximum Gasteiger partial charge on any atom is 0.315 e. The average Bonchev–Trinajstić information content (AvgIpc) is 3.16. The number of rotatable bonds is 9. The van der Waals surface area contributed by atoms with Crippen LogP contribution in [0, 0.1) is 0 Å². The van der Waals surface area contributed by atoms with E-state index < -0.39 is 0 Å². The number of hydrogen-bond donors (Lipinski definition) is 2. The fourth-order valence-electron chi connectivity index (χ4n) is 4.48. The molecule has 0 spiro atoms. The Bertz CT molecular complexity index is 646. The molecule has 1 aromatic carbocycles. The first-order valence-electron chi connectivity index (χ1n) is 11.2. The highest BCUT2D eigenvalue weighted by Gasteiger charge is 2.25. The number of carbonyl (C=O) groups is 2. The molecule has 3 amide bonds. The minimum Gasteiger partial charge on any atom is -0.340 e. The number of hydrogen-bond acceptors (Lipinski definition) is 3. The van der Waals surface area contributed by atoms with Crippen LogP contribution in [0.3, 0.4) is 0 Å². The number of amides is 3. The summed E-state index contributed by atoms with van der Waals surface area (Å²) in [6, 6.07) is 10.3. The number of carbonyl (C=O) groups excluding carboxylic acids is 2. The van der Waals surface area contributed by atoms with Gasteiger partial charge in [-0.15, -0.1) is 0 Å². The number of nitrogens with zero attached hydrogens (tertiary/aromatic N) is 2. The van der Waals surface area contributed by atoms with Crippen LogP contribution in [-0.4, -0.2) is 61.0 Å². The first kappa shape index (κ1) is 21.6. The summed E-state index contributed by atoms with van der Waals surface area (Å²) in [5.74, 6) is 0.180. The average molecular weight is 401 g/mol. The van der Waals surface area contributed by atoms with Crippen LogP contribution < -0.4 is 10.6 Å². The molecule has 1 aliphatic carbocycles. The van der Waals surface area contributed by atoms with Crippen LogP contribution in [0.1, 0.15) is 63.0 Å². The van der Waals surface area contributed by atoms with E-state index in [1.807, 2.05) is 35.2 Å². The molecule has 1 aromatic rings. The number of likely N-dealkylation sites (tertiary alicyclic amines) is 1. The van der Waals surface area contributed by atoms with E-state index in [1.165, 1.54) is 32.1 Å². The lowest BCUT2D eigenvalue weighted by atomic mass is 9.94. The van der Waals surface area contributed by atoms with Gasteiger partial charge in [-0.3, -0.25) is 4.79 Å². The van der Waals surface area contributed by atoms with E-state index in [0.29, 0.717) is 25.6 Å². The second-order valence-electron chi connectivity index (χ2n) is 8.43. The van der Waals surface area contributed by atoms with Crippen LogP contribution in [-0.2, 0) is 4.79 Å². The van der Waals surface area contributed by atoms with Crippen molar-refractivity contribution in [2.75, 3.05) is 33.2 Å². The summed E-state index contributed by atoms with van der Waals surface area (Å²) in [7, 11) is 2.20. The fourth-order valence-corrected chi connectivity index (χ4v) is 4.48. The summed E-state index contributed by atoms with van der Waals surface area (Å²) >= 11 is 0. The largest absolute Gasteiger partial charge is 0.340 e. The lowest BCUT2D eigenvalue weighted by Crippen LogP contribution is -2.43. The van der Waals surface area contributed by atoms with Gasteiger partial charge < -0.3 is 20.4 Å². The maximum atomic E-state index is 12.5. The van der Waals surface area contributed by atoms with Gasteiger partial charge >= 0.3 is 6.03 Å². The molecule has 29 heavy (non-hydrogen) atoms. The Morgan fingerprint density at radius 1 is 1.17 bits per heavy atom. The Kier molecular flexibility index (Phi) is 8.35. The molecule has 1 unspecified atom stereocenters. The van der Waals surface area contributed by atoms with Crippen LogP contribution >= 0.6 is 0 Å². The molecule has 0 bridgehead atoms. The summed E-state index contributed by atoms with van der Waals surface area (Å²) in [6.07, 6.45) is 9.13. The standard InChI is InChI=1S/C23H36N4O2/c1-26(20-12-6-3-7-13-20)16-9-15-24-23(29)25-21(19-10-4-2-5-11-19)18-27-17-8-14-22(27)28/h2,4-5,10-11,20-21H,3,6-9,12-18H2,1H3,(H2,24,25,29). The molecular weight excluding hydrogens is 364 g/mol. The van der Waals surface area contributed by atoms with Crippen LogP contribution in [0.2, 0.25) is 0 Å². The van der Waals surface area contributed by atoms with Crippen molar-refractivity contribution in [3.8, 4) is 0 Å². The van der Waals surface area contributed by atoms with Crippen molar-refractivity contribution in [3.63, 3.8) is 0 Å². The quantitative estimate of drug-likeness (QED) is 0.625. The third-order valence-electron chi connectivity index (χ3n) is 6.25. The zero-order chi connectivity index (χ0) is 20.5. The zero-order valence-electron chi connectivity index (χ0n) is 17.7. The summed E-state index contributed by atoms with van der Waals surface area (Å²) in [6.45, 7) is 2.97. The number of benzene rings is 1. The van der Waals surface area contributed by atoms with E-state index in [9.17, 15) is 9.59 Å². The molecule has 1 saturated heterocycles. The van der Waals surface area contributed by atoms with Gasteiger partial charge in [0, 0.05) is 32.1 Å². The maximum absolute atomic E-state index is 12.5. The van der Waals surface area contributed by atoms with Crippen molar-refractivity contribution in [1.29, 1.82) is 0 Å². The molecule has 6 nitrogen and oxygen atoms in total. The van der Waals surface area contributed by atoms with Crippen molar-refractivity contribution in [2.45, 2.75) is 63.5 Å². The van der Waals surface area contributed by atoms with E-state index in [-0.39, 0.29) is 18.0 Å². The van der Waals surface area contributed by atoms with Crippen LogP contribution in [0.4, 0.5) is 4.79 Å². The minimum atomic E-state index is -0.192. The molecule has 6 heteroatoms. The van der Waals surface area contributed by atoms with E-state index >= 15 is 0 Å². The van der Waals surface area contributed by atoms with Gasteiger partial charge in [0.25, 0.3) is 0 Å². The topological polar surface area (TPSA) is 64.7 Å². The minimum absolute atomic E-state index is 0.161. The van der Waals surface area contributed by atoms with Crippen LogP contribution in [0.25, 0.3) is 0 Å². The molecule has 2 aliphatic rings. The van der Waals surface area contributed by atoms with Crippen molar-refractivity contribution in [1.82, 2.24) is 20.4 Å². The third-order valence-corrected chi connectivity index (χ3v) is 6.25. The van der Waals surface area contributed by atoms with Gasteiger partial charge in [0.15, 0.2) is 0 Å². The first-order chi connectivity index (χ1) is 14.1. The predicted molar refractivity (Wildman–Crippen MR) is 116 cm³/mol. The number of nitrogens with one attached hydrogen (secondary N) is 2. The van der Waals surface area contributed by atoms with Gasteiger partial charge in [0.1, 0.15) is 0 Å². The lowest BCUT2D eigenvalue weighted by Gasteiger charge is -2.31. The lowest BCUT2D eigenvalue weighted by molar-refractivity contribution is -0.128. The van der Waals surface area contributed by atoms with Crippen molar-refractivity contribution < 1.29 is 9.59 Å². The van der Waals surface area contributed by atoms with E-state index in [4.69, 9.17) is 0 Å². The summed E-state index contributed by atoms with van der Waals surface area (Å²) in [4.78, 5) is 28.8. The second-order valence-corrected chi connectivity index (χ2v) is 8.43. The van der Waals surface area contributed by atoms with Gasteiger partial charge in [-0.25, -0.2) is 4.79 Å². The molecule has 0 aromatic heterocycles. The van der Waals surface area contributed by atoms with Crippen LogP contribution in [0.5, 0.6) is 0 Å². The van der Waals surface area contributed by atoms with Gasteiger partial charge in [-0.05, 0) is 44.8 Å². The monoisotopic (exact) mass is 400 g/mol. The normalized spacial score (nSPS) is 18.8. The molecule has 1 heterocycles. The zero-order valence-corrected chi connectivity index (χ0v) is 17.7. The smallest absolute Gasteiger partial charge is 0.315 e.